The second-order valence-corrected chi connectivity index (χ2v) is 9.39. The van der Waals surface area contributed by atoms with Gasteiger partial charge in [-0.2, -0.15) is 0 Å². The van der Waals surface area contributed by atoms with Crippen LogP contribution in [-0.4, -0.2) is 33.0 Å². The molecule has 1 aliphatic rings. The zero-order chi connectivity index (χ0) is 21.0. The number of aryl methyl sites for hydroxylation is 1. The molecule has 1 aliphatic carbocycles. The van der Waals surface area contributed by atoms with Crippen LogP contribution in [0.4, 0.5) is 0 Å². The number of sulfone groups is 1. The molecule has 0 radical (unpaired) electrons. The normalized spacial score (nSPS) is 16.0. The second-order valence-electron chi connectivity index (χ2n) is 7.33. The zero-order valence-corrected chi connectivity index (χ0v) is 17.4. The van der Waals surface area contributed by atoms with Gasteiger partial charge in [0.2, 0.25) is 5.91 Å². The highest BCUT2D eigenvalue weighted by Crippen LogP contribution is 2.29. The van der Waals surface area contributed by atoms with Gasteiger partial charge in [0.15, 0.2) is 15.6 Å². The Morgan fingerprint density at radius 3 is 2.66 bits per heavy atom. The Labute approximate surface area is 171 Å². The summed E-state index contributed by atoms with van der Waals surface area (Å²) in [6.07, 6.45) is 2.70. The number of benzene rings is 2. The Morgan fingerprint density at radius 2 is 1.93 bits per heavy atom. The summed E-state index contributed by atoms with van der Waals surface area (Å²) in [6.45, 7) is 1.41. The molecule has 1 amide bonds. The monoisotopic (exact) mass is 415 g/mol. The van der Waals surface area contributed by atoms with E-state index in [0.29, 0.717) is 16.9 Å². The maximum Gasteiger partial charge on any atom is 0.235 e. The minimum Gasteiger partial charge on any atom is -0.496 e. The van der Waals surface area contributed by atoms with Crippen LogP contribution in [0.3, 0.4) is 0 Å². The molecule has 1 N–H and O–H groups in total. The third-order valence-corrected chi connectivity index (χ3v) is 6.57. The highest BCUT2D eigenvalue weighted by molar-refractivity contribution is 7.91. The van der Waals surface area contributed by atoms with Gasteiger partial charge >= 0.3 is 0 Å². The lowest BCUT2D eigenvalue weighted by atomic mass is 9.88. The van der Waals surface area contributed by atoms with Crippen LogP contribution in [0.25, 0.3) is 0 Å². The van der Waals surface area contributed by atoms with Crippen molar-refractivity contribution >= 4 is 21.5 Å². The van der Waals surface area contributed by atoms with Gasteiger partial charge in [-0.15, -0.1) is 0 Å². The first kappa shape index (κ1) is 21.0. The Balaban J connectivity index is 1.71. The maximum absolute atomic E-state index is 12.6. The van der Waals surface area contributed by atoms with Crippen LogP contribution in [0.1, 0.15) is 52.9 Å². The predicted molar refractivity (Wildman–Crippen MR) is 111 cm³/mol. The van der Waals surface area contributed by atoms with Crippen molar-refractivity contribution in [3.8, 4) is 5.75 Å². The van der Waals surface area contributed by atoms with E-state index in [1.54, 1.807) is 12.1 Å². The molecule has 154 valence electrons. The fraction of sp³-hybridized carbons (Fsp3) is 0.364. The number of ketones is 1. The second kappa shape index (κ2) is 8.78. The number of carbonyl (C=O) groups excluding carboxylic acids is 2. The molecule has 1 unspecified atom stereocenters. The van der Waals surface area contributed by atoms with Crippen LogP contribution in [0.5, 0.6) is 5.75 Å². The van der Waals surface area contributed by atoms with E-state index in [0.717, 1.165) is 24.8 Å². The zero-order valence-electron chi connectivity index (χ0n) is 16.6. The number of rotatable bonds is 7. The largest absolute Gasteiger partial charge is 0.496 e. The molecule has 0 aliphatic heterocycles. The first-order valence-electron chi connectivity index (χ1n) is 9.54. The minimum atomic E-state index is -3.74. The molecule has 6 nitrogen and oxygen atoms in total. The van der Waals surface area contributed by atoms with Crippen LogP contribution in [0.15, 0.2) is 42.5 Å². The van der Waals surface area contributed by atoms with Crippen molar-refractivity contribution in [3.63, 3.8) is 0 Å². The van der Waals surface area contributed by atoms with Crippen molar-refractivity contribution in [2.24, 2.45) is 0 Å². The Bertz CT molecular complexity index is 1030. The van der Waals surface area contributed by atoms with Crippen LogP contribution < -0.4 is 10.1 Å². The van der Waals surface area contributed by atoms with E-state index in [1.807, 2.05) is 24.3 Å². The van der Waals surface area contributed by atoms with Crippen LogP contribution >= 0.6 is 0 Å². The van der Waals surface area contributed by atoms with Crippen molar-refractivity contribution < 1.29 is 22.7 Å². The molecular weight excluding hydrogens is 390 g/mol. The van der Waals surface area contributed by atoms with Gasteiger partial charge in [0.25, 0.3) is 0 Å². The quantitative estimate of drug-likeness (QED) is 0.702. The lowest BCUT2D eigenvalue weighted by Crippen LogP contribution is -2.35. The van der Waals surface area contributed by atoms with Crippen molar-refractivity contribution in [1.82, 2.24) is 5.32 Å². The van der Waals surface area contributed by atoms with Gasteiger partial charge in [0.1, 0.15) is 11.5 Å². The summed E-state index contributed by atoms with van der Waals surface area (Å²) in [5, 5.41) is 2.87. The Kier molecular flexibility index (Phi) is 6.37. The lowest BCUT2D eigenvalue weighted by Gasteiger charge is -2.26. The number of nitrogens with one attached hydrogen (secondary N) is 1. The van der Waals surface area contributed by atoms with Gasteiger partial charge < -0.3 is 10.1 Å². The number of amides is 1. The predicted octanol–water partition coefficient (Wildman–Crippen LogP) is 3.01. The van der Waals surface area contributed by atoms with E-state index < -0.39 is 21.5 Å². The van der Waals surface area contributed by atoms with E-state index in [4.69, 9.17) is 4.74 Å². The molecule has 0 saturated carbocycles. The van der Waals surface area contributed by atoms with E-state index in [1.165, 1.54) is 25.7 Å². The minimum absolute atomic E-state index is 0.167. The third-order valence-electron chi connectivity index (χ3n) is 5.12. The van der Waals surface area contributed by atoms with Crippen molar-refractivity contribution in [2.45, 2.75) is 38.0 Å². The average molecular weight is 416 g/mol. The van der Waals surface area contributed by atoms with Gasteiger partial charge in [-0.1, -0.05) is 24.3 Å². The molecule has 0 aromatic heterocycles. The van der Waals surface area contributed by atoms with Crippen molar-refractivity contribution in [1.29, 1.82) is 0 Å². The molecule has 0 fully saturated rings. The highest BCUT2D eigenvalue weighted by atomic mass is 32.2. The Morgan fingerprint density at radius 1 is 1.17 bits per heavy atom. The van der Waals surface area contributed by atoms with Crippen molar-refractivity contribution in [3.05, 3.63) is 64.7 Å². The fourth-order valence-electron chi connectivity index (χ4n) is 3.74. The molecule has 3 rings (SSSR count). The number of Topliss-reactive ketones (excluding diaryl/α,β-unsaturated/α-hetero) is 1. The average Bonchev–Trinajstić information content (AvgIpc) is 2.67. The summed E-state index contributed by atoms with van der Waals surface area (Å²) in [4.78, 5) is 24.1. The number of hydrogen-bond donors (Lipinski definition) is 1. The summed E-state index contributed by atoms with van der Waals surface area (Å²) < 4.78 is 30.5. The molecular formula is C22H25NO5S. The van der Waals surface area contributed by atoms with E-state index in [9.17, 15) is 18.0 Å². The number of methoxy groups -OCH3 is 1. The molecule has 0 bridgehead atoms. The van der Waals surface area contributed by atoms with Crippen molar-refractivity contribution in [2.75, 3.05) is 12.9 Å². The van der Waals surface area contributed by atoms with Crippen LogP contribution in [0, 0.1) is 0 Å². The molecule has 7 heteroatoms. The highest BCUT2D eigenvalue weighted by Gasteiger charge is 2.25. The smallest absolute Gasteiger partial charge is 0.235 e. The standard InChI is InChI=1S/C22H25NO5S/c1-15(24)17-10-11-21(28-2)18(12-17)13-29(26,27)14-22(25)23-20-9-5-7-16-6-3-4-8-19(16)20/h3-4,6,8,10-12,20H,5,7,9,13-14H2,1-2H3,(H,23,25). The number of fused-ring (bicyclic) bond motifs is 1. The maximum atomic E-state index is 12.6. The lowest BCUT2D eigenvalue weighted by molar-refractivity contribution is -0.119. The summed E-state index contributed by atoms with van der Waals surface area (Å²) in [5.74, 6) is -1.29. The first-order valence-corrected chi connectivity index (χ1v) is 11.4. The van der Waals surface area contributed by atoms with Gasteiger partial charge in [-0.3, -0.25) is 9.59 Å². The molecule has 0 heterocycles. The molecule has 0 spiro atoms. The van der Waals surface area contributed by atoms with Crippen LogP contribution in [-0.2, 0) is 26.8 Å². The first-order chi connectivity index (χ1) is 13.8. The number of carbonyl (C=O) groups is 2. The molecule has 1 atom stereocenters. The summed E-state index contributed by atoms with van der Waals surface area (Å²) in [7, 11) is -2.30. The molecule has 2 aromatic carbocycles. The van der Waals surface area contributed by atoms with E-state index in [-0.39, 0.29) is 17.6 Å². The van der Waals surface area contributed by atoms with Gasteiger partial charge in [0, 0.05) is 11.1 Å². The molecule has 29 heavy (non-hydrogen) atoms. The molecule has 2 aromatic rings. The van der Waals surface area contributed by atoms with Crippen LogP contribution in [0.2, 0.25) is 0 Å². The van der Waals surface area contributed by atoms with E-state index >= 15 is 0 Å². The van der Waals surface area contributed by atoms with E-state index in [2.05, 4.69) is 5.32 Å². The summed E-state index contributed by atoms with van der Waals surface area (Å²) in [5.41, 5.74) is 3.02. The third kappa shape index (κ3) is 5.23. The number of ether oxygens (including phenoxy) is 1. The topological polar surface area (TPSA) is 89.5 Å². The summed E-state index contributed by atoms with van der Waals surface area (Å²) in [6, 6.07) is 12.4. The van der Waals surface area contributed by atoms with Gasteiger partial charge in [-0.25, -0.2) is 8.42 Å². The Hall–Kier alpha value is -2.67. The molecule has 0 saturated heterocycles. The fourth-order valence-corrected chi connectivity index (χ4v) is 5.02. The van der Waals surface area contributed by atoms with Gasteiger partial charge in [-0.05, 0) is 55.5 Å². The summed E-state index contributed by atoms with van der Waals surface area (Å²) >= 11 is 0. The number of hydrogen-bond acceptors (Lipinski definition) is 5. The van der Waals surface area contributed by atoms with Gasteiger partial charge in [0.05, 0.1) is 18.9 Å². The SMILES string of the molecule is COc1ccc(C(C)=O)cc1CS(=O)(=O)CC(=O)NC1CCCc2ccccc21.